The van der Waals surface area contributed by atoms with Crippen LogP contribution in [0.4, 0.5) is 5.69 Å². The maximum atomic E-state index is 13.0. The molecule has 0 bridgehead atoms. The van der Waals surface area contributed by atoms with Gasteiger partial charge >= 0.3 is 5.97 Å². The number of benzene rings is 2. The molecule has 32 heavy (non-hydrogen) atoms. The fourth-order valence-corrected chi connectivity index (χ4v) is 4.68. The van der Waals surface area contributed by atoms with E-state index in [2.05, 4.69) is 22.3 Å². The standard InChI is InChI=1S/C25H29N3O4/c29-23(21-13-7-14-27(21)17-18-8-2-1-3-9-18)26-20-11-6-10-19(16-20)24(30)28-15-5-4-12-22(28)25(31)32/h1-3,6,8-11,16,21-22H,4-5,7,12-15,17H2,(H,26,29)(H,31,32). The highest BCUT2D eigenvalue weighted by Crippen LogP contribution is 2.24. The van der Waals surface area contributed by atoms with Crippen LogP contribution < -0.4 is 5.32 Å². The molecule has 2 heterocycles. The Morgan fingerprint density at radius 1 is 0.906 bits per heavy atom. The van der Waals surface area contributed by atoms with Crippen molar-refractivity contribution in [2.45, 2.75) is 50.7 Å². The molecule has 2 unspecified atom stereocenters. The fourth-order valence-electron chi connectivity index (χ4n) is 4.68. The zero-order valence-corrected chi connectivity index (χ0v) is 18.1. The van der Waals surface area contributed by atoms with Crippen LogP contribution in [0.3, 0.4) is 0 Å². The molecule has 7 heteroatoms. The van der Waals surface area contributed by atoms with Crippen molar-refractivity contribution in [3.05, 3.63) is 65.7 Å². The Morgan fingerprint density at radius 3 is 2.47 bits per heavy atom. The second-order valence-electron chi connectivity index (χ2n) is 8.53. The monoisotopic (exact) mass is 435 g/mol. The largest absolute Gasteiger partial charge is 0.480 e. The van der Waals surface area contributed by atoms with Crippen LogP contribution in [-0.2, 0) is 16.1 Å². The molecule has 0 spiro atoms. The highest BCUT2D eigenvalue weighted by molar-refractivity contribution is 5.99. The van der Waals surface area contributed by atoms with Crippen molar-refractivity contribution in [3.63, 3.8) is 0 Å². The second-order valence-corrected chi connectivity index (χ2v) is 8.53. The van der Waals surface area contributed by atoms with Crippen LogP contribution in [-0.4, -0.2) is 57.9 Å². The Kier molecular flexibility index (Phi) is 6.85. The second kappa shape index (κ2) is 9.96. The van der Waals surface area contributed by atoms with Gasteiger partial charge in [0.25, 0.3) is 5.91 Å². The highest BCUT2D eigenvalue weighted by Gasteiger charge is 2.33. The smallest absolute Gasteiger partial charge is 0.326 e. The lowest BCUT2D eigenvalue weighted by Crippen LogP contribution is -2.48. The normalized spacial score (nSPS) is 21.3. The van der Waals surface area contributed by atoms with Crippen molar-refractivity contribution < 1.29 is 19.5 Å². The van der Waals surface area contributed by atoms with E-state index in [9.17, 15) is 19.5 Å². The first-order valence-electron chi connectivity index (χ1n) is 11.3. The van der Waals surface area contributed by atoms with Crippen LogP contribution in [0.1, 0.15) is 48.0 Å². The summed E-state index contributed by atoms with van der Waals surface area (Å²) in [7, 11) is 0. The van der Waals surface area contributed by atoms with Gasteiger partial charge in [-0.2, -0.15) is 0 Å². The van der Waals surface area contributed by atoms with Gasteiger partial charge in [0.2, 0.25) is 5.91 Å². The van der Waals surface area contributed by atoms with Crippen molar-refractivity contribution in [3.8, 4) is 0 Å². The number of rotatable bonds is 6. The number of piperidine rings is 1. The Bertz CT molecular complexity index is 978. The number of hydrogen-bond donors (Lipinski definition) is 2. The lowest BCUT2D eigenvalue weighted by Gasteiger charge is -2.33. The first-order valence-corrected chi connectivity index (χ1v) is 11.3. The van der Waals surface area contributed by atoms with Crippen LogP contribution >= 0.6 is 0 Å². The molecule has 2 aliphatic heterocycles. The van der Waals surface area contributed by atoms with Gasteiger partial charge in [0.1, 0.15) is 6.04 Å². The summed E-state index contributed by atoms with van der Waals surface area (Å²) in [6, 6.07) is 15.9. The molecule has 2 aliphatic rings. The molecule has 2 aromatic rings. The third-order valence-corrected chi connectivity index (χ3v) is 6.32. The molecule has 2 aromatic carbocycles. The molecule has 4 rings (SSSR count). The van der Waals surface area contributed by atoms with Gasteiger partial charge in [0.05, 0.1) is 6.04 Å². The molecule has 0 saturated carbocycles. The summed E-state index contributed by atoms with van der Waals surface area (Å²) in [6.45, 7) is 2.03. The average molecular weight is 436 g/mol. The van der Waals surface area contributed by atoms with Gasteiger partial charge < -0.3 is 15.3 Å². The van der Waals surface area contributed by atoms with E-state index in [-0.39, 0.29) is 17.9 Å². The summed E-state index contributed by atoms with van der Waals surface area (Å²) in [5.74, 6) is -1.36. The van der Waals surface area contributed by atoms with E-state index in [4.69, 9.17) is 0 Å². The van der Waals surface area contributed by atoms with Gasteiger partial charge in [-0.1, -0.05) is 36.4 Å². The number of nitrogens with zero attached hydrogens (tertiary/aromatic N) is 2. The number of hydrogen-bond acceptors (Lipinski definition) is 4. The van der Waals surface area contributed by atoms with Crippen LogP contribution in [0.5, 0.6) is 0 Å². The molecular formula is C25H29N3O4. The Balaban J connectivity index is 1.43. The summed E-state index contributed by atoms with van der Waals surface area (Å²) in [6.07, 6.45) is 3.83. The third kappa shape index (κ3) is 4.99. The molecular weight excluding hydrogens is 406 g/mol. The molecule has 2 N–H and O–H groups in total. The highest BCUT2D eigenvalue weighted by atomic mass is 16.4. The fraction of sp³-hybridized carbons (Fsp3) is 0.400. The summed E-state index contributed by atoms with van der Waals surface area (Å²) in [5, 5.41) is 12.4. The van der Waals surface area contributed by atoms with Gasteiger partial charge in [-0.15, -0.1) is 0 Å². The minimum Gasteiger partial charge on any atom is -0.480 e. The van der Waals surface area contributed by atoms with E-state index in [0.29, 0.717) is 24.2 Å². The number of amides is 2. The molecule has 0 radical (unpaired) electrons. The lowest BCUT2D eigenvalue weighted by atomic mass is 10.0. The molecule has 2 fully saturated rings. The Labute approximate surface area is 188 Å². The van der Waals surface area contributed by atoms with E-state index >= 15 is 0 Å². The first kappa shape index (κ1) is 22.0. The molecule has 2 atom stereocenters. The maximum Gasteiger partial charge on any atom is 0.326 e. The van der Waals surface area contributed by atoms with Gasteiger partial charge in [-0.05, 0) is 62.4 Å². The first-order chi connectivity index (χ1) is 15.5. The molecule has 0 aliphatic carbocycles. The number of anilines is 1. The summed E-state index contributed by atoms with van der Waals surface area (Å²) < 4.78 is 0. The number of carboxylic acids is 1. The quantitative estimate of drug-likeness (QED) is 0.726. The van der Waals surface area contributed by atoms with E-state index < -0.39 is 12.0 Å². The topological polar surface area (TPSA) is 90.0 Å². The van der Waals surface area contributed by atoms with Crippen molar-refractivity contribution in [1.82, 2.24) is 9.80 Å². The summed E-state index contributed by atoms with van der Waals surface area (Å²) in [4.78, 5) is 41.2. The van der Waals surface area contributed by atoms with Crippen LogP contribution in [0, 0.1) is 0 Å². The van der Waals surface area contributed by atoms with Gasteiger partial charge in [0.15, 0.2) is 0 Å². The SMILES string of the molecule is O=C(Nc1cccc(C(=O)N2CCCCC2C(=O)O)c1)C1CCCN1Cc1ccccc1. The van der Waals surface area contributed by atoms with Gasteiger partial charge in [-0.3, -0.25) is 14.5 Å². The van der Waals surface area contributed by atoms with Gasteiger partial charge in [0, 0.05) is 24.3 Å². The Morgan fingerprint density at radius 2 is 1.69 bits per heavy atom. The third-order valence-electron chi connectivity index (χ3n) is 6.32. The van der Waals surface area contributed by atoms with Crippen molar-refractivity contribution in [2.24, 2.45) is 0 Å². The minimum atomic E-state index is -0.970. The summed E-state index contributed by atoms with van der Waals surface area (Å²) in [5.41, 5.74) is 2.12. The average Bonchev–Trinajstić information content (AvgIpc) is 3.27. The van der Waals surface area contributed by atoms with Crippen molar-refractivity contribution >= 4 is 23.5 Å². The van der Waals surface area contributed by atoms with Crippen LogP contribution in [0.2, 0.25) is 0 Å². The number of aliphatic carboxylic acids is 1. The van der Waals surface area contributed by atoms with E-state index in [0.717, 1.165) is 38.8 Å². The van der Waals surface area contributed by atoms with E-state index in [1.807, 2.05) is 18.2 Å². The number of carbonyl (C=O) groups excluding carboxylic acids is 2. The predicted molar refractivity (Wildman–Crippen MR) is 121 cm³/mol. The number of nitrogens with one attached hydrogen (secondary N) is 1. The Hall–Kier alpha value is -3.19. The number of likely N-dealkylation sites (tertiary alicyclic amines) is 2. The van der Waals surface area contributed by atoms with E-state index in [1.54, 1.807) is 24.3 Å². The molecule has 2 saturated heterocycles. The van der Waals surface area contributed by atoms with E-state index in [1.165, 1.54) is 10.5 Å². The minimum absolute atomic E-state index is 0.0792. The van der Waals surface area contributed by atoms with Gasteiger partial charge in [-0.25, -0.2) is 4.79 Å². The molecule has 7 nitrogen and oxygen atoms in total. The molecule has 168 valence electrons. The summed E-state index contributed by atoms with van der Waals surface area (Å²) >= 11 is 0. The zero-order chi connectivity index (χ0) is 22.5. The van der Waals surface area contributed by atoms with Crippen LogP contribution in [0.25, 0.3) is 0 Å². The van der Waals surface area contributed by atoms with Crippen molar-refractivity contribution in [1.29, 1.82) is 0 Å². The molecule has 0 aromatic heterocycles. The number of carbonyl (C=O) groups is 3. The van der Waals surface area contributed by atoms with Crippen molar-refractivity contribution in [2.75, 3.05) is 18.4 Å². The van der Waals surface area contributed by atoms with Crippen LogP contribution in [0.15, 0.2) is 54.6 Å². The number of carboxylic acid groups (broad SMARTS) is 1. The lowest BCUT2D eigenvalue weighted by molar-refractivity contribution is -0.143. The molecule has 2 amide bonds. The zero-order valence-electron chi connectivity index (χ0n) is 18.1. The predicted octanol–water partition coefficient (Wildman–Crippen LogP) is 3.37. The maximum absolute atomic E-state index is 13.0.